The molecule has 9 heteroatoms. The first kappa shape index (κ1) is 26.8. The standard InChI is InChI=1S/C28H34N2O5SSi/c1-37(2,3)19-17-29-28(31)21-30(36(29,32)33)26-15-14-25(34-18-16-23-10-6-4-7-11-23)20-27(26)35-22-24-12-8-5-9-13-24/h4-15,20H,16-19,21-22H2,1-3H3. The molecule has 1 saturated heterocycles. The Kier molecular flexibility index (Phi) is 8.24. The van der Waals surface area contributed by atoms with E-state index in [1.54, 1.807) is 18.2 Å². The maximum atomic E-state index is 13.4. The molecule has 196 valence electrons. The molecule has 1 aliphatic heterocycles. The molecule has 37 heavy (non-hydrogen) atoms. The van der Waals surface area contributed by atoms with Gasteiger partial charge in [0.1, 0.15) is 24.7 Å². The lowest BCUT2D eigenvalue weighted by molar-refractivity contribution is -0.123. The lowest BCUT2D eigenvalue weighted by atomic mass is 10.2. The fraction of sp³-hybridized carbons (Fsp3) is 0.321. The highest BCUT2D eigenvalue weighted by molar-refractivity contribution is 7.91. The van der Waals surface area contributed by atoms with Crippen molar-refractivity contribution in [1.29, 1.82) is 0 Å². The van der Waals surface area contributed by atoms with E-state index in [2.05, 4.69) is 19.6 Å². The Balaban J connectivity index is 1.57. The minimum atomic E-state index is -4.01. The first-order valence-corrected chi connectivity index (χ1v) is 17.5. The number of nitrogens with zero attached hydrogens (tertiary/aromatic N) is 2. The second-order valence-corrected chi connectivity index (χ2v) is 17.7. The molecule has 3 aromatic rings. The van der Waals surface area contributed by atoms with Gasteiger partial charge >= 0.3 is 10.2 Å². The molecule has 0 spiro atoms. The minimum Gasteiger partial charge on any atom is -0.493 e. The van der Waals surface area contributed by atoms with Crippen molar-refractivity contribution in [3.05, 3.63) is 90.0 Å². The van der Waals surface area contributed by atoms with Crippen LogP contribution in [-0.4, -0.2) is 46.4 Å². The van der Waals surface area contributed by atoms with E-state index in [1.165, 1.54) is 5.56 Å². The predicted octanol–water partition coefficient (Wildman–Crippen LogP) is 5.12. The number of hydrogen-bond donors (Lipinski definition) is 0. The van der Waals surface area contributed by atoms with Crippen molar-refractivity contribution in [2.75, 3.05) is 24.0 Å². The average molecular weight is 539 g/mol. The van der Waals surface area contributed by atoms with Gasteiger partial charge in [0, 0.05) is 27.1 Å². The van der Waals surface area contributed by atoms with Gasteiger partial charge in [-0.3, -0.25) is 4.79 Å². The number of rotatable bonds is 11. The van der Waals surface area contributed by atoms with Gasteiger partial charge in [0.05, 0.1) is 12.3 Å². The molecule has 0 N–H and O–H groups in total. The van der Waals surface area contributed by atoms with Crippen molar-refractivity contribution in [3.63, 3.8) is 0 Å². The van der Waals surface area contributed by atoms with Gasteiger partial charge in [-0.1, -0.05) is 80.3 Å². The molecule has 1 amide bonds. The smallest absolute Gasteiger partial charge is 0.329 e. The first-order valence-electron chi connectivity index (χ1n) is 12.4. The molecule has 0 unspecified atom stereocenters. The van der Waals surface area contributed by atoms with E-state index in [0.717, 1.165) is 20.6 Å². The van der Waals surface area contributed by atoms with Gasteiger partial charge < -0.3 is 9.47 Å². The van der Waals surface area contributed by atoms with Gasteiger partial charge in [0.15, 0.2) is 0 Å². The molecular formula is C28H34N2O5SSi. The quantitative estimate of drug-likeness (QED) is 0.317. The Morgan fingerprint density at radius 1 is 0.865 bits per heavy atom. The normalized spacial score (nSPS) is 15.2. The highest BCUT2D eigenvalue weighted by Gasteiger charge is 2.44. The Morgan fingerprint density at radius 3 is 2.16 bits per heavy atom. The maximum Gasteiger partial charge on any atom is 0.329 e. The molecule has 0 aromatic heterocycles. The molecule has 1 heterocycles. The van der Waals surface area contributed by atoms with E-state index in [0.29, 0.717) is 29.8 Å². The summed E-state index contributed by atoms with van der Waals surface area (Å²) in [4.78, 5) is 12.8. The van der Waals surface area contributed by atoms with Crippen LogP contribution in [0.5, 0.6) is 11.5 Å². The lowest BCUT2D eigenvalue weighted by Gasteiger charge is -2.24. The van der Waals surface area contributed by atoms with Crippen LogP contribution in [0.3, 0.4) is 0 Å². The summed E-state index contributed by atoms with van der Waals surface area (Å²) < 4.78 is 41.1. The minimum absolute atomic E-state index is 0.203. The molecule has 1 fully saturated rings. The molecule has 7 nitrogen and oxygen atoms in total. The van der Waals surface area contributed by atoms with E-state index in [-0.39, 0.29) is 19.7 Å². The maximum absolute atomic E-state index is 13.4. The van der Waals surface area contributed by atoms with Crippen molar-refractivity contribution < 1.29 is 22.7 Å². The molecular weight excluding hydrogens is 504 g/mol. The van der Waals surface area contributed by atoms with Gasteiger partial charge in [0.25, 0.3) is 5.91 Å². The van der Waals surface area contributed by atoms with Gasteiger partial charge in [-0.05, 0) is 29.3 Å². The van der Waals surface area contributed by atoms with Crippen LogP contribution >= 0.6 is 0 Å². The molecule has 0 saturated carbocycles. The van der Waals surface area contributed by atoms with E-state index in [4.69, 9.17) is 9.47 Å². The molecule has 1 aliphatic rings. The van der Waals surface area contributed by atoms with E-state index in [1.807, 2.05) is 60.7 Å². The molecule has 3 aromatic carbocycles. The second-order valence-electron chi connectivity index (χ2n) is 10.3. The predicted molar refractivity (Wildman–Crippen MR) is 149 cm³/mol. The molecule has 0 aliphatic carbocycles. The average Bonchev–Trinajstić information content (AvgIpc) is 3.09. The summed E-state index contributed by atoms with van der Waals surface area (Å²) in [6, 6.07) is 25.5. The topological polar surface area (TPSA) is 76.2 Å². The zero-order chi connectivity index (χ0) is 26.5. The van der Waals surface area contributed by atoms with Crippen LogP contribution in [0.4, 0.5) is 5.69 Å². The van der Waals surface area contributed by atoms with Gasteiger partial charge in [0.2, 0.25) is 0 Å². The Bertz CT molecular complexity index is 1310. The van der Waals surface area contributed by atoms with Crippen LogP contribution < -0.4 is 13.8 Å². The van der Waals surface area contributed by atoms with E-state index in [9.17, 15) is 13.2 Å². The zero-order valence-corrected chi connectivity index (χ0v) is 23.4. The largest absolute Gasteiger partial charge is 0.493 e. The van der Waals surface area contributed by atoms with Gasteiger partial charge in [-0.25, -0.2) is 8.61 Å². The van der Waals surface area contributed by atoms with Crippen molar-refractivity contribution in [2.24, 2.45) is 0 Å². The van der Waals surface area contributed by atoms with Crippen LogP contribution in [0.15, 0.2) is 78.9 Å². The highest BCUT2D eigenvalue weighted by Crippen LogP contribution is 2.37. The molecule has 0 atom stereocenters. The number of anilines is 1. The number of ether oxygens (including phenoxy) is 2. The fourth-order valence-corrected chi connectivity index (χ4v) is 6.59. The molecule has 4 rings (SSSR count). The number of hydrogen-bond acceptors (Lipinski definition) is 5. The SMILES string of the molecule is C[Si](C)(C)CCN1C(=O)CN(c2ccc(OCCc3ccccc3)cc2OCc2ccccc2)S1(=O)=O. The summed E-state index contributed by atoms with van der Waals surface area (Å²) in [5.41, 5.74) is 2.44. The second kappa shape index (κ2) is 11.4. The van der Waals surface area contributed by atoms with Crippen LogP contribution in [-0.2, 0) is 28.0 Å². The van der Waals surface area contributed by atoms with Gasteiger partial charge in [-0.15, -0.1) is 0 Å². The summed E-state index contributed by atoms with van der Waals surface area (Å²) in [7, 11) is -5.55. The molecule has 0 bridgehead atoms. The monoisotopic (exact) mass is 538 g/mol. The third kappa shape index (κ3) is 6.93. The van der Waals surface area contributed by atoms with Crippen LogP contribution in [0.1, 0.15) is 11.1 Å². The number of carbonyl (C=O) groups is 1. The Hall–Kier alpha value is -3.30. The number of amides is 1. The summed E-state index contributed by atoms with van der Waals surface area (Å²) >= 11 is 0. The van der Waals surface area contributed by atoms with Crippen LogP contribution in [0, 0.1) is 0 Å². The lowest BCUT2D eigenvalue weighted by Crippen LogP contribution is -2.37. The van der Waals surface area contributed by atoms with Gasteiger partial charge in [-0.2, -0.15) is 8.42 Å². The summed E-state index contributed by atoms with van der Waals surface area (Å²) in [5, 5.41) is 0. The van der Waals surface area contributed by atoms with Crippen molar-refractivity contribution in [1.82, 2.24) is 4.31 Å². The summed E-state index contributed by atoms with van der Waals surface area (Å²) in [6.07, 6.45) is 0.740. The number of benzene rings is 3. The Morgan fingerprint density at radius 2 is 1.51 bits per heavy atom. The summed E-state index contributed by atoms with van der Waals surface area (Å²) in [5.74, 6) is 0.501. The highest BCUT2D eigenvalue weighted by atomic mass is 32.2. The Labute approximate surface area is 220 Å². The van der Waals surface area contributed by atoms with Crippen molar-refractivity contribution in [3.8, 4) is 11.5 Å². The third-order valence-corrected chi connectivity index (χ3v) is 9.67. The first-order chi connectivity index (χ1) is 17.6. The van der Waals surface area contributed by atoms with Crippen molar-refractivity contribution >= 4 is 29.9 Å². The van der Waals surface area contributed by atoms with E-state index >= 15 is 0 Å². The van der Waals surface area contributed by atoms with Crippen LogP contribution in [0.25, 0.3) is 0 Å². The fourth-order valence-electron chi connectivity index (χ4n) is 3.99. The van der Waals surface area contributed by atoms with Crippen molar-refractivity contribution in [2.45, 2.75) is 38.7 Å². The zero-order valence-electron chi connectivity index (χ0n) is 21.6. The van der Waals surface area contributed by atoms with E-state index < -0.39 is 24.2 Å². The van der Waals surface area contributed by atoms with Crippen LogP contribution in [0.2, 0.25) is 25.7 Å². The third-order valence-electron chi connectivity index (χ3n) is 6.12. The number of carbonyl (C=O) groups excluding carboxylic acids is 1. The summed E-state index contributed by atoms with van der Waals surface area (Å²) in [6.45, 7) is 7.14. The molecule has 0 radical (unpaired) electrons.